The molecule has 18 heavy (non-hydrogen) atoms. The molecule has 0 amide bonds. The molecule has 3 heteroatoms. The number of aromatic hydroxyl groups is 1. The molecule has 0 saturated carbocycles. The highest BCUT2D eigenvalue weighted by atomic mass is 16.3. The maximum Gasteiger partial charge on any atom is 0.163 e. The van der Waals surface area contributed by atoms with Crippen LogP contribution in [0.3, 0.4) is 0 Å². The number of carbonyl (C=O) groups excluding carboxylic acids is 1. The van der Waals surface area contributed by atoms with Gasteiger partial charge in [0.1, 0.15) is 5.75 Å². The molecule has 0 spiro atoms. The highest BCUT2D eigenvalue weighted by molar-refractivity contribution is 5.96. The molecular formula is C15H23NO2. The van der Waals surface area contributed by atoms with E-state index in [1.54, 1.807) is 12.1 Å². The first-order chi connectivity index (χ1) is 8.44. The summed E-state index contributed by atoms with van der Waals surface area (Å²) in [5.74, 6) is -0.105. The number of hydrogen-bond donors (Lipinski definition) is 2. The average molecular weight is 249 g/mol. The summed E-state index contributed by atoms with van der Waals surface area (Å²) in [4.78, 5) is 11.5. The lowest BCUT2D eigenvalue weighted by molar-refractivity contribution is 0.101. The van der Waals surface area contributed by atoms with Crippen molar-refractivity contribution in [1.82, 2.24) is 0 Å². The lowest BCUT2D eigenvalue weighted by Gasteiger charge is -2.30. The topological polar surface area (TPSA) is 63.3 Å². The third kappa shape index (κ3) is 3.10. The number of benzene rings is 1. The molecule has 1 aromatic carbocycles. The van der Waals surface area contributed by atoms with Crippen molar-refractivity contribution in [2.75, 3.05) is 0 Å². The van der Waals surface area contributed by atoms with E-state index in [1.807, 2.05) is 6.07 Å². The van der Waals surface area contributed by atoms with E-state index in [1.165, 1.54) is 6.92 Å². The van der Waals surface area contributed by atoms with Gasteiger partial charge in [-0.15, -0.1) is 0 Å². The van der Waals surface area contributed by atoms with Gasteiger partial charge >= 0.3 is 0 Å². The zero-order valence-electron chi connectivity index (χ0n) is 11.5. The van der Waals surface area contributed by atoms with Gasteiger partial charge in [0.05, 0.1) is 5.56 Å². The van der Waals surface area contributed by atoms with E-state index < -0.39 is 5.54 Å². The molecule has 100 valence electrons. The number of phenolic OH excluding ortho intramolecular Hbond substituents is 1. The molecule has 1 rings (SSSR count). The molecule has 1 aromatic rings. The quantitative estimate of drug-likeness (QED) is 0.760. The fourth-order valence-electron chi connectivity index (χ4n) is 2.43. The second-order valence-corrected chi connectivity index (χ2v) is 4.94. The molecular weight excluding hydrogens is 226 g/mol. The van der Waals surface area contributed by atoms with Gasteiger partial charge < -0.3 is 10.8 Å². The molecule has 0 unspecified atom stereocenters. The van der Waals surface area contributed by atoms with Crippen LogP contribution in [0.25, 0.3) is 0 Å². The Labute approximate surface area is 109 Å². The second-order valence-electron chi connectivity index (χ2n) is 4.94. The first-order valence-corrected chi connectivity index (χ1v) is 6.58. The van der Waals surface area contributed by atoms with Gasteiger partial charge in [-0.25, -0.2) is 0 Å². The van der Waals surface area contributed by atoms with Crippen LogP contribution in [0.2, 0.25) is 0 Å². The minimum absolute atomic E-state index is 0.0293. The molecule has 0 aliphatic rings. The van der Waals surface area contributed by atoms with Crippen molar-refractivity contribution < 1.29 is 9.90 Å². The minimum Gasteiger partial charge on any atom is -0.507 e. The summed E-state index contributed by atoms with van der Waals surface area (Å²) < 4.78 is 0. The first-order valence-electron chi connectivity index (χ1n) is 6.58. The molecule has 0 heterocycles. The van der Waals surface area contributed by atoms with Crippen LogP contribution in [-0.4, -0.2) is 10.9 Å². The van der Waals surface area contributed by atoms with Crippen LogP contribution in [0, 0.1) is 0 Å². The Hall–Kier alpha value is -1.35. The summed E-state index contributed by atoms with van der Waals surface area (Å²) >= 11 is 0. The molecule has 0 radical (unpaired) electrons. The highest BCUT2D eigenvalue weighted by Gasteiger charge is 2.26. The zero-order valence-corrected chi connectivity index (χ0v) is 11.5. The Morgan fingerprint density at radius 1 is 1.28 bits per heavy atom. The van der Waals surface area contributed by atoms with Crippen LogP contribution in [0.4, 0.5) is 0 Å². The van der Waals surface area contributed by atoms with Gasteiger partial charge in [0, 0.05) is 5.54 Å². The fraction of sp³-hybridized carbons (Fsp3) is 0.533. The van der Waals surface area contributed by atoms with Crippen molar-refractivity contribution in [1.29, 1.82) is 0 Å². The van der Waals surface area contributed by atoms with Gasteiger partial charge in [-0.05, 0) is 37.5 Å². The highest BCUT2D eigenvalue weighted by Crippen LogP contribution is 2.31. The fourth-order valence-corrected chi connectivity index (χ4v) is 2.43. The van der Waals surface area contributed by atoms with Crippen LogP contribution < -0.4 is 5.73 Å². The molecule has 0 saturated heterocycles. The zero-order chi connectivity index (χ0) is 13.8. The number of carbonyl (C=O) groups is 1. The largest absolute Gasteiger partial charge is 0.507 e. The van der Waals surface area contributed by atoms with E-state index in [-0.39, 0.29) is 11.5 Å². The number of hydrogen-bond acceptors (Lipinski definition) is 3. The van der Waals surface area contributed by atoms with E-state index in [0.717, 1.165) is 31.2 Å². The van der Waals surface area contributed by atoms with Gasteiger partial charge in [0.25, 0.3) is 0 Å². The van der Waals surface area contributed by atoms with Crippen LogP contribution in [-0.2, 0) is 5.54 Å². The van der Waals surface area contributed by atoms with Crippen molar-refractivity contribution >= 4 is 5.78 Å². The maximum absolute atomic E-state index is 11.5. The molecule has 0 bridgehead atoms. The van der Waals surface area contributed by atoms with Gasteiger partial charge in [-0.3, -0.25) is 4.79 Å². The molecule has 0 fully saturated rings. The van der Waals surface area contributed by atoms with Crippen molar-refractivity contribution in [3.63, 3.8) is 0 Å². The van der Waals surface area contributed by atoms with Crippen LogP contribution in [0.5, 0.6) is 5.75 Å². The maximum atomic E-state index is 11.5. The summed E-state index contributed by atoms with van der Waals surface area (Å²) in [5, 5.41) is 9.67. The first kappa shape index (κ1) is 14.7. The Morgan fingerprint density at radius 2 is 1.83 bits per heavy atom. The number of phenols is 1. The Balaban J connectivity index is 3.21. The van der Waals surface area contributed by atoms with Gasteiger partial charge in [-0.2, -0.15) is 0 Å². The van der Waals surface area contributed by atoms with E-state index in [2.05, 4.69) is 13.8 Å². The predicted octanol–water partition coefficient (Wildman–Crippen LogP) is 3.35. The van der Waals surface area contributed by atoms with Gasteiger partial charge in [0.2, 0.25) is 0 Å². The van der Waals surface area contributed by atoms with E-state index in [9.17, 15) is 9.90 Å². The van der Waals surface area contributed by atoms with Crippen LogP contribution >= 0.6 is 0 Å². The number of ketones is 1. The SMILES string of the molecule is CCCC(N)(CCC)c1ccc(O)c(C(C)=O)c1. The Kier molecular flexibility index (Phi) is 4.91. The van der Waals surface area contributed by atoms with Gasteiger partial charge in [-0.1, -0.05) is 32.8 Å². The van der Waals surface area contributed by atoms with Crippen molar-refractivity contribution in [3.05, 3.63) is 29.3 Å². The molecule has 3 nitrogen and oxygen atoms in total. The number of nitrogens with two attached hydrogens (primary N) is 1. The van der Waals surface area contributed by atoms with E-state index in [0.29, 0.717) is 5.56 Å². The average Bonchev–Trinajstić information content (AvgIpc) is 2.29. The van der Waals surface area contributed by atoms with E-state index in [4.69, 9.17) is 5.73 Å². The van der Waals surface area contributed by atoms with E-state index >= 15 is 0 Å². The number of rotatable bonds is 6. The number of Topliss-reactive ketones (excluding diaryl/α,β-unsaturated/α-hetero) is 1. The second kappa shape index (κ2) is 6.01. The van der Waals surface area contributed by atoms with Crippen molar-refractivity contribution in [2.24, 2.45) is 5.73 Å². The lowest BCUT2D eigenvalue weighted by Crippen LogP contribution is -2.36. The Bertz CT molecular complexity index is 421. The standard InChI is InChI=1S/C15H23NO2/c1-4-8-15(16,9-5-2)12-6-7-14(18)13(10-12)11(3)17/h6-7,10,18H,4-5,8-9,16H2,1-3H3. The van der Waals surface area contributed by atoms with Crippen LogP contribution in [0.1, 0.15) is 62.4 Å². The lowest BCUT2D eigenvalue weighted by atomic mass is 9.82. The van der Waals surface area contributed by atoms with Crippen molar-refractivity contribution in [3.8, 4) is 5.75 Å². The summed E-state index contributed by atoms with van der Waals surface area (Å²) in [6.45, 7) is 5.66. The van der Waals surface area contributed by atoms with Crippen molar-refractivity contribution in [2.45, 2.75) is 52.0 Å². The molecule has 0 aromatic heterocycles. The summed E-state index contributed by atoms with van der Waals surface area (Å²) in [6, 6.07) is 5.13. The van der Waals surface area contributed by atoms with Gasteiger partial charge in [0.15, 0.2) is 5.78 Å². The molecule has 0 aliphatic carbocycles. The molecule has 0 aliphatic heterocycles. The van der Waals surface area contributed by atoms with Crippen LogP contribution in [0.15, 0.2) is 18.2 Å². The normalized spacial score (nSPS) is 11.6. The molecule has 3 N–H and O–H groups in total. The third-order valence-corrected chi connectivity index (χ3v) is 3.34. The predicted molar refractivity (Wildman–Crippen MR) is 73.8 cm³/mol. The summed E-state index contributed by atoms with van der Waals surface area (Å²) in [5.41, 5.74) is 7.36. The summed E-state index contributed by atoms with van der Waals surface area (Å²) in [7, 11) is 0. The summed E-state index contributed by atoms with van der Waals surface area (Å²) in [6.07, 6.45) is 3.74. The molecule has 0 atom stereocenters. The minimum atomic E-state index is -0.401. The monoisotopic (exact) mass is 249 g/mol. The Morgan fingerprint density at radius 3 is 2.28 bits per heavy atom. The smallest absolute Gasteiger partial charge is 0.163 e. The third-order valence-electron chi connectivity index (χ3n) is 3.34.